The summed E-state index contributed by atoms with van der Waals surface area (Å²) in [5, 5.41) is 14.4. The molecule has 8 nitrogen and oxygen atoms in total. The minimum absolute atomic E-state index is 0. The third-order valence-corrected chi connectivity index (χ3v) is 5.78. The Morgan fingerprint density at radius 3 is 2.34 bits per heavy atom. The second kappa shape index (κ2) is 12.3. The third kappa shape index (κ3) is 6.77. The molecule has 2 aromatic rings. The van der Waals surface area contributed by atoms with Crippen LogP contribution in [-0.2, 0) is 20.9 Å². The number of rotatable bonds is 9. The molecule has 0 fully saturated rings. The van der Waals surface area contributed by atoms with Crippen molar-refractivity contribution in [3.8, 4) is 0 Å². The minimum Gasteiger partial charge on any atom is -0.461 e. The average Bonchev–Trinajstić information content (AvgIpc) is 2.78. The predicted molar refractivity (Wildman–Crippen MR) is 136 cm³/mol. The van der Waals surface area contributed by atoms with E-state index in [1.165, 1.54) is 19.1 Å². The zero-order valence-corrected chi connectivity index (χ0v) is 21.1. The minimum atomic E-state index is -0.756. The number of nitro benzene ring substituents is 1. The number of ether oxygens (including phenoxy) is 1. The summed E-state index contributed by atoms with van der Waals surface area (Å²) in [6.45, 7) is 6.32. The van der Waals surface area contributed by atoms with Gasteiger partial charge in [0.25, 0.3) is 5.69 Å². The molecule has 0 saturated heterocycles. The smallest absolute Gasteiger partial charge is 0.336 e. The van der Waals surface area contributed by atoms with Gasteiger partial charge in [-0.2, -0.15) is 0 Å². The van der Waals surface area contributed by atoms with E-state index >= 15 is 0 Å². The Morgan fingerprint density at radius 2 is 1.71 bits per heavy atom. The van der Waals surface area contributed by atoms with Crippen LogP contribution in [0.1, 0.15) is 37.8 Å². The van der Waals surface area contributed by atoms with Gasteiger partial charge in [-0.15, -0.1) is 12.4 Å². The van der Waals surface area contributed by atoms with E-state index in [0.717, 1.165) is 5.56 Å². The van der Waals surface area contributed by atoms with Crippen LogP contribution in [0, 0.1) is 10.1 Å². The largest absolute Gasteiger partial charge is 0.461 e. The number of allylic oxidation sites excluding steroid dienone is 3. The maximum absolute atomic E-state index is 13.2. The van der Waals surface area contributed by atoms with Crippen LogP contribution in [0.2, 0.25) is 0 Å². The molecule has 0 amide bonds. The number of nitro groups is 1. The summed E-state index contributed by atoms with van der Waals surface area (Å²) < 4.78 is 5.61. The van der Waals surface area contributed by atoms with Crippen molar-refractivity contribution in [2.75, 3.05) is 20.2 Å². The molecule has 0 bridgehead atoms. The summed E-state index contributed by atoms with van der Waals surface area (Å²) in [5.74, 6) is -1.53. The van der Waals surface area contributed by atoms with Crippen LogP contribution in [0.25, 0.3) is 0 Å². The van der Waals surface area contributed by atoms with Crippen LogP contribution in [0.4, 0.5) is 5.69 Å². The molecular formula is C26H30ClN3O5. The molecule has 1 aliphatic heterocycles. The van der Waals surface area contributed by atoms with Crippen LogP contribution in [0.15, 0.2) is 77.1 Å². The fraction of sp³-hybridized carbons (Fsp3) is 0.308. The Balaban J connectivity index is 0.00000432. The van der Waals surface area contributed by atoms with Gasteiger partial charge in [0.15, 0.2) is 5.78 Å². The van der Waals surface area contributed by atoms with E-state index in [2.05, 4.69) is 5.32 Å². The number of dihydropyridines is 1. The first-order chi connectivity index (χ1) is 16.2. The molecule has 0 saturated carbocycles. The highest BCUT2D eigenvalue weighted by molar-refractivity contribution is 6.02. The molecule has 1 unspecified atom stereocenters. The lowest BCUT2D eigenvalue weighted by atomic mass is 9.79. The maximum atomic E-state index is 13.2. The summed E-state index contributed by atoms with van der Waals surface area (Å²) in [6.07, 6.45) is 0. The van der Waals surface area contributed by atoms with Gasteiger partial charge in [0.1, 0.15) is 6.61 Å². The number of ketones is 1. The molecule has 0 radical (unpaired) electrons. The first-order valence-corrected chi connectivity index (χ1v) is 11.0. The van der Waals surface area contributed by atoms with E-state index in [9.17, 15) is 19.7 Å². The molecule has 1 aliphatic rings. The topological polar surface area (TPSA) is 102 Å². The number of non-ortho nitro benzene ring substituents is 1. The van der Waals surface area contributed by atoms with Gasteiger partial charge in [-0.05, 0) is 38.9 Å². The lowest BCUT2D eigenvalue weighted by molar-refractivity contribution is -0.384. The predicted octanol–water partition coefficient (Wildman–Crippen LogP) is 4.52. The van der Waals surface area contributed by atoms with Crippen molar-refractivity contribution >= 4 is 29.8 Å². The van der Waals surface area contributed by atoms with Gasteiger partial charge in [0.05, 0.1) is 10.5 Å². The summed E-state index contributed by atoms with van der Waals surface area (Å²) in [5.41, 5.74) is 3.38. The number of esters is 1. The lowest BCUT2D eigenvalue weighted by Crippen LogP contribution is -2.32. The van der Waals surface area contributed by atoms with Crippen molar-refractivity contribution in [3.63, 3.8) is 0 Å². The Kier molecular flexibility index (Phi) is 9.74. The molecule has 1 N–H and O–H groups in total. The fourth-order valence-corrected chi connectivity index (χ4v) is 4.23. The molecule has 2 aromatic carbocycles. The monoisotopic (exact) mass is 499 g/mol. The van der Waals surface area contributed by atoms with Gasteiger partial charge in [0, 0.05) is 48.1 Å². The van der Waals surface area contributed by atoms with Gasteiger partial charge in [-0.1, -0.05) is 42.5 Å². The first-order valence-electron chi connectivity index (χ1n) is 11.0. The molecular weight excluding hydrogens is 470 g/mol. The number of Topliss-reactive ketones (excluding diaryl/α,β-unsaturated/α-hetero) is 1. The number of hydrogen-bond donors (Lipinski definition) is 1. The van der Waals surface area contributed by atoms with Gasteiger partial charge >= 0.3 is 5.97 Å². The zero-order valence-electron chi connectivity index (χ0n) is 20.2. The maximum Gasteiger partial charge on any atom is 0.336 e. The Morgan fingerprint density at radius 1 is 1.06 bits per heavy atom. The Bertz CT molecular complexity index is 1160. The molecule has 1 atom stereocenters. The zero-order chi connectivity index (χ0) is 24.8. The fourth-order valence-electron chi connectivity index (χ4n) is 4.23. The number of halogens is 1. The van der Waals surface area contributed by atoms with E-state index in [4.69, 9.17) is 4.74 Å². The average molecular weight is 500 g/mol. The second-order valence-electron chi connectivity index (χ2n) is 8.40. The number of carbonyl (C=O) groups is 2. The third-order valence-electron chi connectivity index (χ3n) is 5.78. The molecule has 0 aromatic heterocycles. The SMILES string of the molecule is CC(=O)C1=C(C)NC(C)=C(C(=O)OCCN(C)Cc2ccccc2)C1c1cccc([N+](=O)[O-])c1.Cl. The normalized spacial score (nSPS) is 15.4. The van der Waals surface area contributed by atoms with Crippen molar-refractivity contribution in [3.05, 3.63) is 98.4 Å². The summed E-state index contributed by atoms with van der Waals surface area (Å²) in [4.78, 5) is 38.7. The standard InChI is InChI=1S/C26H29N3O5.ClH/c1-17-23(19(3)30)25(21-11-8-12-22(15-21)29(32)33)24(18(2)27-17)26(31)34-14-13-28(4)16-20-9-6-5-7-10-20;/h5-12,15,25,27H,13-14,16H2,1-4H3;1H. The number of hydrogen-bond acceptors (Lipinski definition) is 7. The highest BCUT2D eigenvalue weighted by atomic mass is 35.5. The number of nitrogens with one attached hydrogen (secondary N) is 1. The molecule has 9 heteroatoms. The second-order valence-corrected chi connectivity index (χ2v) is 8.40. The number of likely N-dealkylation sites (N-methyl/N-ethyl adjacent to an activating group) is 1. The summed E-state index contributed by atoms with van der Waals surface area (Å²) >= 11 is 0. The number of nitrogens with zero attached hydrogens (tertiary/aromatic N) is 2. The highest BCUT2D eigenvalue weighted by Crippen LogP contribution is 2.39. The van der Waals surface area contributed by atoms with E-state index in [0.29, 0.717) is 35.6 Å². The first kappa shape index (κ1) is 27.8. The van der Waals surface area contributed by atoms with E-state index in [-0.39, 0.29) is 36.1 Å². The molecule has 3 rings (SSSR count). The highest BCUT2D eigenvalue weighted by Gasteiger charge is 2.36. The molecule has 1 heterocycles. The summed E-state index contributed by atoms with van der Waals surface area (Å²) in [7, 11) is 1.94. The Hall–Kier alpha value is -3.49. The molecule has 0 spiro atoms. The van der Waals surface area contributed by atoms with Crippen molar-refractivity contribution in [1.82, 2.24) is 10.2 Å². The van der Waals surface area contributed by atoms with Crippen molar-refractivity contribution in [2.45, 2.75) is 33.2 Å². The van der Waals surface area contributed by atoms with Gasteiger partial charge in [0.2, 0.25) is 0 Å². The molecule has 0 aliphatic carbocycles. The van der Waals surface area contributed by atoms with Gasteiger partial charge in [-0.3, -0.25) is 19.8 Å². The van der Waals surface area contributed by atoms with Crippen LogP contribution in [0.3, 0.4) is 0 Å². The van der Waals surface area contributed by atoms with Crippen molar-refractivity contribution in [1.29, 1.82) is 0 Å². The number of benzene rings is 2. The van der Waals surface area contributed by atoms with E-state index in [1.807, 2.05) is 42.3 Å². The summed E-state index contributed by atoms with van der Waals surface area (Å²) in [6, 6.07) is 16.0. The van der Waals surface area contributed by atoms with Crippen LogP contribution < -0.4 is 5.32 Å². The molecule has 35 heavy (non-hydrogen) atoms. The Labute approximate surface area is 211 Å². The van der Waals surface area contributed by atoms with Crippen LogP contribution in [0.5, 0.6) is 0 Å². The molecule has 186 valence electrons. The van der Waals surface area contributed by atoms with Crippen LogP contribution >= 0.6 is 12.4 Å². The lowest BCUT2D eigenvalue weighted by Gasteiger charge is -2.30. The van der Waals surface area contributed by atoms with Gasteiger partial charge < -0.3 is 10.1 Å². The van der Waals surface area contributed by atoms with Crippen LogP contribution in [-0.4, -0.2) is 41.8 Å². The van der Waals surface area contributed by atoms with Gasteiger partial charge in [-0.25, -0.2) is 4.79 Å². The quantitative estimate of drug-likeness (QED) is 0.307. The van der Waals surface area contributed by atoms with Crippen molar-refractivity contribution < 1.29 is 19.2 Å². The van der Waals surface area contributed by atoms with E-state index in [1.54, 1.807) is 26.0 Å². The van der Waals surface area contributed by atoms with E-state index < -0.39 is 16.8 Å². The number of carbonyl (C=O) groups excluding carboxylic acids is 2. The van der Waals surface area contributed by atoms with Crippen molar-refractivity contribution in [2.24, 2.45) is 0 Å².